The number of fused-ring (bicyclic) bond motifs is 2. The number of nitrogens with zero attached hydrogens (tertiary/aromatic N) is 3. The molecule has 27 heavy (non-hydrogen) atoms. The molecule has 2 aromatic heterocycles. The Kier molecular flexibility index (Phi) is 3.82. The van der Waals surface area contributed by atoms with Gasteiger partial charge in [0, 0.05) is 27.9 Å². The minimum absolute atomic E-state index is 0.104. The lowest BCUT2D eigenvalue weighted by atomic mass is 10.2. The molecule has 1 aliphatic heterocycles. The van der Waals surface area contributed by atoms with Crippen molar-refractivity contribution in [2.75, 3.05) is 11.2 Å². The molecule has 1 N–H and O–H groups in total. The highest BCUT2D eigenvalue weighted by Crippen LogP contribution is 2.38. The van der Waals surface area contributed by atoms with Crippen molar-refractivity contribution in [1.82, 2.24) is 14.5 Å². The van der Waals surface area contributed by atoms with Crippen LogP contribution in [0.2, 0.25) is 0 Å². The van der Waals surface area contributed by atoms with Crippen molar-refractivity contribution >= 4 is 28.6 Å². The molecule has 134 valence electrons. The van der Waals surface area contributed by atoms with E-state index >= 15 is 0 Å². The largest absolute Gasteiger partial charge is 0.375 e. The van der Waals surface area contributed by atoms with Crippen LogP contribution in [0.25, 0.3) is 28.2 Å². The lowest BCUT2D eigenvalue weighted by Crippen LogP contribution is -1.99. The molecule has 0 saturated heterocycles. The Hall–Kier alpha value is -2.93. The molecule has 0 unspecified atom stereocenters. The summed E-state index contributed by atoms with van der Waals surface area (Å²) in [5.74, 6) is 1.42. The summed E-state index contributed by atoms with van der Waals surface area (Å²) in [5.41, 5.74) is 3.34. The van der Waals surface area contributed by atoms with Gasteiger partial charge in [-0.05, 0) is 24.3 Å². The molecular formula is C20H14F2N4S. The second kappa shape index (κ2) is 6.35. The van der Waals surface area contributed by atoms with E-state index in [9.17, 15) is 8.78 Å². The summed E-state index contributed by atoms with van der Waals surface area (Å²) in [4.78, 5) is 10.1. The van der Waals surface area contributed by atoms with Gasteiger partial charge in [0.1, 0.15) is 11.3 Å². The quantitative estimate of drug-likeness (QED) is 0.510. The number of alkyl halides is 2. The van der Waals surface area contributed by atoms with Gasteiger partial charge in [-0.1, -0.05) is 30.3 Å². The van der Waals surface area contributed by atoms with Gasteiger partial charge < -0.3 is 5.32 Å². The third-order valence-electron chi connectivity index (χ3n) is 4.56. The van der Waals surface area contributed by atoms with E-state index in [1.54, 1.807) is 11.8 Å². The topological polar surface area (TPSA) is 42.7 Å². The van der Waals surface area contributed by atoms with E-state index in [1.807, 2.05) is 53.1 Å². The lowest BCUT2D eigenvalue weighted by Gasteiger charge is -2.10. The smallest absolute Gasteiger partial charge is 0.266 e. The molecule has 0 bridgehead atoms. The molecule has 0 saturated carbocycles. The van der Waals surface area contributed by atoms with Gasteiger partial charge in [0.15, 0.2) is 5.65 Å². The lowest BCUT2D eigenvalue weighted by molar-refractivity contribution is 0.153. The summed E-state index contributed by atoms with van der Waals surface area (Å²) < 4.78 is 28.9. The highest BCUT2D eigenvalue weighted by molar-refractivity contribution is 7.99. The number of rotatable bonds is 3. The number of hydrogen-bond donors (Lipinski definition) is 1. The van der Waals surface area contributed by atoms with Gasteiger partial charge in [0.25, 0.3) is 6.43 Å². The van der Waals surface area contributed by atoms with Crippen molar-refractivity contribution in [2.45, 2.75) is 11.3 Å². The first kappa shape index (κ1) is 16.3. The number of benzene rings is 2. The molecule has 0 aliphatic carbocycles. The number of nitrogens with one attached hydrogen (secondary N) is 1. The van der Waals surface area contributed by atoms with Crippen LogP contribution in [0.5, 0.6) is 0 Å². The van der Waals surface area contributed by atoms with Gasteiger partial charge in [-0.15, -0.1) is 11.8 Å². The fourth-order valence-corrected chi connectivity index (χ4v) is 4.18. The third kappa shape index (κ3) is 2.66. The van der Waals surface area contributed by atoms with E-state index in [4.69, 9.17) is 0 Å². The number of pyridine rings is 1. The van der Waals surface area contributed by atoms with Gasteiger partial charge in [-0.25, -0.2) is 18.7 Å². The summed E-state index contributed by atoms with van der Waals surface area (Å²) in [7, 11) is 0. The van der Waals surface area contributed by atoms with Gasteiger partial charge in [-0.3, -0.25) is 4.57 Å². The van der Waals surface area contributed by atoms with Crippen molar-refractivity contribution in [3.63, 3.8) is 0 Å². The predicted molar refractivity (Wildman–Crippen MR) is 104 cm³/mol. The first-order valence-corrected chi connectivity index (χ1v) is 9.43. The van der Waals surface area contributed by atoms with Crippen molar-refractivity contribution in [2.24, 2.45) is 0 Å². The Balaban J connectivity index is 1.83. The third-order valence-corrected chi connectivity index (χ3v) is 5.50. The molecule has 0 atom stereocenters. The van der Waals surface area contributed by atoms with E-state index in [-0.39, 0.29) is 11.1 Å². The summed E-state index contributed by atoms with van der Waals surface area (Å²) in [6.45, 7) is 0. The van der Waals surface area contributed by atoms with Crippen LogP contribution in [0, 0.1) is 0 Å². The Morgan fingerprint density at radius 3 is 2.74 bits per heavy atom. The van der Waals surface area contributed by atoms with Gasteiger partial charge >= 0.3 is 0 Å². The fraction of sp³-hybridized carbons (Fsp3) is 0.100. The second-order valence-electron chi connectivity index (χ2n) is 6.16. The van der Waals surface area contributed by atoms with E-state index in [0.29, 0.717) is 11.5 Å². The Bertz CT molecular complexity index is 1140. The van der Waals surface area contributed by atoms with Crippen LogP contribution in [-0.4, -0.2) is 20.4 Å². The Morgan fingerprint density at radius 1 is 1.07 bits per heavy atom. The number of imidazole rings is 1. The molecule has 5 rings (SSSR count). The molecule has 0 radical (unpaired) electrons. The number of halogens is 2. The van der Waals surface area contributed by atoms with Crippen molar-refractivity contribution in [1.29, 1.82) is 0 Å². The van der Waals surface area contributed by atoms with Gasteiger partial charge in [0.2, 0.25) is 0 Å². The average Bonchev–Trinajstić information content (AvgIpc) is 3.32. The van der Waals surface area contributed by atoms with Gasteiger partial charge in [0.05, 0.1) is 11.6 Å². The van der Waals surface area contributed by atoms with Crippen LogP contribution in [0.3, 0.4) is 0 Å². The Labute approximate surface area is 158 Å². The monoisotopic (exact) mass is 380 g/mol. The average molecular weight is 380 g/mol. The number of thioether (sulfide) groups is 1. The van der Waals surface area contributed by atoms with Crippen LogP contribution in [0.4, 0.5) is 14.5 Å². The minimum atomic E-state index is -2.61. The maximum atomic E-state index is 13.5. The first-order chi connectivity index (χ1) is 13.2. The molecule has 4 aromatic rings. The molecule has 0 fully saturated rings. The van der Waals surface area contributed by atoms with Crippen molar-refractivity contribution < 1.29 is 8.78 Å². The maximum Gasteiger partial charge on any atom is 0.266 e. The normalized spacial score (nSPS) is 13.1. The zero-order valence-electron chi connectivity index (χ0n) is 14.1. The first-order valence-electron chi connectivity index (χ1n) is 8.44. The van der Waals surface area contributed by atoms with E-state index in [2.05, 4.69) is 15.3 Å². The van der Waals surface area contributed by atoms with Crippen LogP contribution in [0.15, 0.2) is 65.7 Å². The van der Waals surface area contributed by atoms with Crippen LogP contribution < -0.4 is 5.32 Å². The van der Waals surface area contributed by atoms with Gasteiger partial charge in [-0.2, -0.15) is 0 Å². The molecular weight excluding hydrogens is 366 g/mol. The summed E-state index contributed by atoms with van der Waals surface area (Å²) in [6, 6.07) is 16.9. The summed E-state index contributed by atoms with van der Waals surface area (Å²) in [5, 5.41) is 3.30. The predicted octanol–water partition coefficient (Wildman–Crippen LogP) is 5.50. The van der Waals surface area contributed by atoms with Crippen LogP contribution >= 0.6 is 11.8 Å². The van der Waals surface area contributed by atoms with E-state index < -0.39 is 6.43 Å². The second-order valence-corrected chi connectivity index (χ2v) is 7.17. The van der Waals surface area contributed by atoms with Crippen molar-refractivity contribution in [3.05, 3.63) is 66.4 Å². The SMILES string of the molecule is FC(F)c1ccnc2c1nc(-c1ccccc1)n2-c1ccc2c(c1)SCN2. The highest BCUT2D eigenvalue weighted by atomic mass is 32.2. The summed E-state index contributed by atoms with van der Waals surface area (Å²) >= 11 is 1.71. The molecule has 2 aromatic carbocycles. The molecule has 4 nitrogen and oxygen atoms in total. The Morgan fingerprint density at radius 2 is 1.93 bits per heavy atom. The molecule has 1 aliphatic rings. The zero-order valence-corrected chi connectivity index (χ0v) is 14.9. The maximum absolute atomic E-state index is 13.5. The highest BCUT2D eigenvalue weighted by Gasteiger charge is 2.22. The summed E-state index contributed by atoms with van der Waals surface area (Å²) in [6.07, 6.45) is -1.19. The van der Waals surface area contributed by atoms with E-state index in [0.717, 1.165) is 27.7 Å². The van der Waals surface area contributed by atoms with Crippen molar-refractivity contribution in [3.8, 4) is 17.1 Å². The number of anilines is 1. The number of aromatic nitrogens is 3. The standard InChI is InChI=1S/C20H14F2N4S/c21-18(22)14-8-9-23-20-17(14)25-19(12-4-2-1-3-5-12)26(20)13-6-7-15-16(10-13)27-11-24-15/h1-10,18,24H,11H2. The molecule has 0 spiro atoms. The minimum Gasteiger partial charge on any atom is -0.375 e. The zero-order chi connectivity index (χ0) is 18.4. The van der Waals surface area contributed by atoms with Crippen LogP contribution in [0.1, 0.15) is 12.0 Å². The van der Waals surface area contributed by atoms with Crippen LogP contribution in [-0.2, 0) is 0 Å². The fourth-order valence-electron chi connectivity index (χ4n) is 3.30. The molecule has 0 amide bonds. The number of hydrogen-bond acceptors (Lipinski definition) is 4. The van der Waals surface area contributed by atoms with E-state index in [1.165, 1.54) is 12.3 Å². The molecule has 3 heterocycles. The molecule has 7 heteroatoms.